The Bertz CT molecular complexity index is 272. The van der Waals surface area contributed by atoms with Crippen LogP contribution in [-0.2, 0) is 9.53 Å². The Balaban J connectivity index is 4.95. The number of rotatable bonds is 4. The number of ether oxygens (including phenoxy) is 1. The molecule has 0 rings (SSSR count). The van der Waals surface area contributed by atoms with Crippen LogP contribution >= 0.6 is 22.6 Å². The lowest BCUT2D eigenvalue weighted by Crippen LogP contribution is -2.25. The molecule has 0 aliphatic rings. The predicted octanol–water partition coefficient (Wildman–Crippen LogP) is 1.84. The minimum absolute atomic E-state index is 0.181. The average Bonchev–Trinajstić information content (AvgIpc) is 2.01. The molecule has 0 amide bonds. The molecule has 4 nitrogen and oxygen atoms in total. The van der Waals surface area contributed by atoms with Crippen molar-refractivity contribution in [1.82, 2.24) is 5.32 Å². The molecule has 0 fully saturated rings. The van der Waals surface area contributed by atoms with Crippen molar-refractivity contribution in [1.29, 1.82) is 5.41 Å². The van der Waals surface area contributed by atoms with Crippen LogP contribution in [0.5, 0.6) is 0 Å². The number of esters is 1. The highest BCUT2D eigenvalue weighted by Gasteiger charge is 2.17. The van der Waals surface area contributed by atoms with Crippen LogP contribution in [0.2, 0.25) is 0 Å². The molecule has 0 aromatic carbocycles. The molecule has 0 aliphatic carbocycles. The minimum Gasteiger partial charge on any atom is -0.465 e. The fourth-order valence-electron chi connectivity index (χ4n) is 1.01. The monoisotopic (exact) mass is 310 g/mol. The van der Waals surface area contributed by atoms with E-state index in [2.05, 4.69) is 10.1 Å². The van der Waals surface area contributed by atoms with Crippen molar-refractivity contribution >= 4 is 32.3 Å². The Morgan fingerprint density at radius 3 is 2.29 bits per heavy atom. The zero-order chi connectivity index (χ0) is 11.3. The Labute approximate surface area is 97.7 Å². The van der Waals surface area contributed by atoms with Crippen molar-refractivity contribution in [3.63, 3.8) is 0 Å². The number of nitrogens with one attached hydrogen (secondary N) is 2. The highest BCUT2D eigenvalue weighted by atomic mass is 127. The first-order valence-electron chi connectivity index (χ1n) is 4.20. The summed E-state index contributed by atoms with van der Waals surface area (Å²) in [5.74, 6) is -0.477. The molecule has 5 heteroatoms. The third kappa shape index (κ3) is 4.08. The second-order valence-electron chi connectivity index (χ2n) is 3.10. The van der Waals surface area contributed by atoms with Gasteiger partial charge in [0.2, 0.25) is 0 Å². The third-order valence-electron chi connectivity index (χ3n) is 1.49. The fourth-order valence-corrected chi connectivity index (χ4v) is 1.64. The Kier molecular flexibility index (Phi) is 5.75. The number of carbonyl (C=O) groups excluding carboxylic acids is 1. The van der Waals surface area contributed by atoms with Crippen LogP contribution < -0.4 is 5.32 Å². The lowest BCUT2D eigenvalue weighted by atomic mass is 10.2. The molecule has 0 saturated heterocycles. The Morgan fingerprint density at radius 1 is 1.50 bits per heavy atom. The van der Waals surface area contributed by atoms with Crippen LogP contribution in [0.25, 0.3) is 0 Å². The lowest BCUT2D eigenvalue weighted by Gasteiger charge is -2.13. The lowest BCUT2D eigenvalue weighted by molar-refractivity contribution is -0.135. The van der Waals surface area contributed by atoms with Gasteiger partial charge >= 0.3 is 5.97 Å². The summed E-state index contributed by atoms with van der Waals surface area (Å²) in [6, 6.07) is 0.227. The molecule has 0 aromatic heterocycles. The molecule has 14 heavy (non-hydrogen) atoms. The summed E-state index contributed by atoms with van der Waals surface area (Å²) in [5.41, 5.74) is 0.966. The molecular formula is C9H15IN2O2. The number of hydrogen-bond acceptors (Lipinski definition) is 4. The second-order valence-corrected chi connectivity index (χ2v) is 4.18. The first-order chi connectivity index (χ1) is 6.40. The van der Waals surface area contributed by atoms with Gasteiger partial charge in [-0.3, -0.25) is 5.41 Å². The summed E-state index contributed by atoms with van der Waals surface area (Å²) in [4.78, 5) is 11.3. The molecular weight excluding hydrogens is 295 g/mol. The van der Waals surface area contributed by atoms with E-state index in [1.807, 2.05) is 13.8 Å². The van der Waals surface area contributed by atoms with Gasteiger partial charge in [-0.15, -0.1) is 0 Å². The first kappa shape index (κ1) is 13.4. The maximum atomic E-state index is 11.3. The number of methoxy groups -OCH3 is 1. The maximum Gasteiger partial charge on any atom is 0.342 e. The average molecular weight is 310 g/mol. The Hall–Kier alpha value is -0.590. The van der Waals surface area contributed by atoms with E-state index in [0.717, 1.165) is 0 Å². The highest BCUT2D eigenvalue weighted by molar-refractivity contribution is 14.1. The largest absolute Gasteiger partial charge is 0.465 e. The summed E-state index contributed by atoms with van der Waals surface area (Å²) in [6.07, 6.45) is 0. The summed E-state index contributed by atoms with van der Waals surface area (Å²) >= 11 is 1.79. The highest BCUT2D eigenvalue weighted by Crippen LogP contribution is 2.10. The Morgan fingerprint density at radius 2 is 2.00 bits per heavy atom. The van der Waals surface area contributed by atoms with E-state index in [4.69, 9.17) is 5.41 Å². The van der Waals surface area contributed by atoms with Gasteiger partial charge in [0.1, 0.15) is 9.29 Å². The smallest absolute Gasteiger partial charge is 0.342 e. The van der Waals surface area contributed by atoms with E-state index in [9.17, 15) is 4.79 Å². The number of allylic oxidation sites excluding steroid dienone is 1. The van der Waals surface area contributed by atoms with Crippen molar-refractivity contribution in [2.24, 2.45) is 0 Å². The second kappa shape index (κ2) is 6.00. The number of hydrogen-bond donors (Lipinski definition) is 2. The summed E-state index contributed by atoms with van der Waals surface area (Å²) in [7, 11) is 1.31. The molecule has 0 aliphatic heterocycles. The van der Waals surface area contributed by atoms with Crippen molar-refractivity contribution < 1.29 is 9.53 Å². The van der Waals surface area contributed by atoms with Crippen LogP contribution in [0.1, 0.15) is 20.8 Å². The SMILES string of the molecule is COC(=O)/C(C(=N)I)=C(\C)NC(C)C. The quantitative estimate of drug-likeness (QED) is 0.360. The van der Waals surface area contributed by atoms with Gasteiger partial charge in [-0.2, -0.15) is 0 Å². The van der Waals surface area contributed by atoms with Gasteiger partial charge in [0.25, 0.3) is 0 Å². The maximum absolute atomic E-state index is 11.3. The zero-order valence-electron chi connectivity index (χ0n) is 8.77. The topological polar surface area (TPSA) is 62.2 Å². The van der Waals surface area contributed by atoms with Gasteiger partial charge in [-0.05, 0) is 43.4 Å². The first-order valence-corrected chi connectivity index (χ1v) is 5.28. The van der Waals surface area contributed by atoms with Gasteiger partial charge < -0.3 is 10.1 Å². The number of halogens is 1. The molecule has 0 atom stereocenters. The van der Waals surface area contributed by atoms with Crippen LogP contribution in [0.4, 0.5) is 0 Å². The van der Waals surface area contributed by atoms with Crippen molar-refractivity contribution in [3.05, 3.63) is 11.3 Å². The summed E-state index contributed by atoms with van der Waals surface area (Å²) < 4.78 is 4.77. The molecule has 0 heterocycles. The van der Waals surface area contributed by atoms with E-state index in [-0.39, 0.29) is 9.76 Å². The van der Waals surface area contributed by atoms with Gasteiger partial charge in [0.15, 0.2) is 0 Å². The molecule has 0 aromatic rings. The van der Waals surface area contributed by atoms with E-state index in [0.29, 0.717) is 11.3 Å². The van der Waals surface area contributed by atoms with Crippen molar-refractivity contribution in [3.8, 4) is 0 Å². The van der Waals surface area contributed by atoms with E-state index in [1.54, 1.807) is 29.5 Å². The summed E-state index contributed by atoms with van der Waals surface area (Å²) in [6.45, 7) is 5.70. The molecule has 0 radical (unpaired) electrons. The van der Waals surface area contributed by atoms with Gasteiger partial charge in [-0.1, -0.05) is 0 Å². The van der Waals surface area contributed by atoms with Crippen LogP contribution in [0.3, 0.4) is 0 Å². The molecule has 0 spiro atoms. The molecule has 2 N–H and O–H groups in total. The molecule has 80 valence electrons. The van der Waals surface area contributed by atoms with Gasteiger partial charge in [-0.25, -0.2) is 4.79 Å². The predicted molar refractivity (Wildman–Crippen MR) is 64.7 cm³/mol. The normalized spacial score (nSPS) is 12.1. The fraction of sp³-hybridized carbons (Fsp3) is 0.556. The molecule has 0 saturated carbocycles. The van der Waals surface area contributed by atoms with Gasteiger partial charge in [0, 0.05) is 11.7 Å². The van der Waals surface area contributed by atoms with E-state index < -0.39 is 5.97 Å². The van der Waals surface area contributed by atoms with Crippen molar-refractivity contribution in [2.75, 3.05) is 7.11 Å². The van der Waals surface area contributed by atoms with Crippen LogP contribution in [-0.4, -0.2) is 22.8 Å². The third-order valence-corrected chi connectivity index (χ3v) is 2.03. The van der Waals surface area contributed by atoms with Crippen LogP contribution in [0.15, 0.2) is 11.3 Å². The summed E-state index contributed by atoms with van der Waals surface area (Å²) in [5, 5.41) is 10.5. The zero-order valence-corrected chi connectivity index (χ0v) is 10.9. The van der Waals surface area contributed by atoms with E-state index in [1.165, 1.54) is 7.11 Å². The number of carbonyl (C=O) groups is 1. The van der Waals surface area contributed by atoms with Crippen molar-refractivity contribution in [2.45, 2.75) is 26.8 Å². The van der Waals surface area contributed by atoms with E-state index >= 15 is 0 Å². The minimum atomic E-state index is -0.477. The molecule has 0 unspecified atom stereocenters. The molecule has 0 bridgehead atoms. The van der Waals surface area contributed by atoms with Gasteiger partial charge in [0.05, 0.1) is 7.11 Å². The standard InChI is InChI=1S/C9H15IN2O2/c1-5(2)12-6(3)7(8(10)11)9(13)14-4/h5,11-12H,1-4H3/b7-6+,11-8?. The van der Waals surface area contributed by atoms with Crippen LogP contribution in [0, 0.1) is 5.41 Å².